The maximum Gasteiger partial charge on any atom is 0.364 e. The second-order valence-corrected chi connectivity index (χ2v) is 8.75. The molecule has 0 amide bonds. The molecule has 0 aromatic heterocycles. The van der Waals surface area contributed by atoms with Gasteiger partial charge in [-0.25, -0.2) is 70.2 Å². The van der Waals surface area contributed by atoms with Crippen LogP contribution < -0.4 is 16.4 Å². The molecular weight excluding hydrogens is 631 g/mol. The van der Waals surface area contributed by atoms with Crippen molar-refractivity contribution >= 4 is 28.2 Å². The molecule has 1 atom stereocenters. The Morgan fingerprint density at radius 1 is 0.488 bits per heavy atom. The molecule has 226 valence electrons. The van der Waals surface area contributed by atoms with Crippen molar-refractivity contribution in [2.24, 2.45) is 0 Å². The van der Waals surface area contributed by atoms with Crippen molar-refractivity contribution in [3.63, 3.8) is 0 Å². The molecule has 43 heavy (non-hydrogen) atoms. The van der Waals surface area contributed by atoms with Gasteiger partial charge in [-0.2, -0.15) is 4.79 Å². The van der Waals surface area contributed by atoms with Crippen molar-refractivity contribution in [2.45, 2.75) is 6.17 Å². The Kier molecular flexibility index (Phi) is 7.76. The van der Waals surface area contributed by atoms with Crippen molar-refractivity contribution in [3.05, 3.63) is 116 Å². The number of rotatable bonds is 4. The van der Waals surface area contributed by atoms with E-state index < -0.39 is 145 Å². The zero-order chi connectivity index (χ0) is 32.5. The van der Waals surface area contributed by atoms with Crippen LogP contribution in [0, 0.1) is 69.8 Å². The number of alkyl halides is 1. The Bertz CT molecular complexity index is 1710. The Morgan fingerprint density at radius 2 is 0.814 bits per heavy atom. The maximum absolute atomic E-state index is 15.8. The number of hydrogen-bond acceptors (Lipinski definition) is 0. The van der Waals surface area contributed by atoms with Crippen LogP contribution in [0.5, 0.6) is 0 Å². The molecular formula is C24H4BF16N2-. The van der Waals surface area contributed by atoms with Gasteiger partial charge in [0.05, 0.1) is 17.5 Å². The lowest BCUT2D eigenvalue weighted by Gasteiger charge is -2.46. The highest BCUT2D eigenvalue weighted by Crippen LogP contribution is 2.40. The molecule has 4 rings (SSSR count). The minimum absolute atomic E-state index is 0.784. The lowest BCUT2D eigenvalue weighted by molar-refractivity contribution is -0.0155. The molecule has 0 fully saturated rings. The summed E-state index contributed by atoms with van der Waals surface area (Å²) >= 11 is 0. The average Bonchev–Trinajstić information content (AvgIpc) is 2.92. The monoisotopic (exact) mass is 635 g/mol. The highest BCUT2D eigenvalue weighted by atomic mass is 19.2. The summed E-state index contributed by atoms with van der Waals surface area (Å²) in [7, 11) is 0. The molecule has 0 saturated carbocycles. The van der Waals surface area contributed by atoms with E-state index in [4.69, 9.17) is 5.53 Å². The van der Waals surface area contributed by atoms with Crippen LogP contribution >= 0.6 is 0 Å². The second-order valence-electron chi connectivity index (χ2n) is 8.75. The SMILES string of the molecule is [N-]=[N+]=C1C(F)=C([B-](c2c(F)cc(F)c(F)c2F)(c2c(F)cc(F)c(F)c2F)c2c(F)cc(F)c(F)c2F)C(F)=C(F)C1F. The first kappa shape index (κ1) is 31.4. The minimum Gasteiger partial charge on any atom is -0.361 e. The van der Waals surface area contributed by atoms with Gasteiger partial charge in [-0.3, -0.25) is 0 Å². The average molecular weight is 635 g/mol. The van der Waals surface area contributed by atoms with Gasteiger partial charge in [0.25, 0.3) is 6.17 Å². The topological polar surface area (TPSA) is 36.4 Å². The van der Waals surface area contributed by atoms with Gasteiger partial charge < -0.3 is 5.53 Å². The summed E-state index contributed by atoms with van der Waals surface area (Å²) in [5.74, 6) is -43.9. The molecule has 0 aliphatic heterocycles. The number of benzene rings is 3. The van der Waals surface area contributed by atoms with Crippen LogP contribution in [0.15, 0.2) is 41.2 Å². The first-order valence-corrected chi connectivity index (χ1v) is 10.9. The molecule has 1 aliphatic rings. The fraction of sp³-hybridized carbons (Fsp3) is 0.0417. The smallest absolute Gasteiger partial charge is 0.361 e. The summed E-state index contributed by atoms with van der Waals surface area (Å²) in [6.07, 6.45) is -10.2. The molecule has 0 bridgehead atoms. The van der Waals surface area contributed by atoms with E-state index in [2.05, 4.69) is 0 Å². The fourth-order valence-electron chi connectivity index (χ4n) is 4.98. The van der Waals surface area contributed by atoms with E-state index in [1.165, 1.54) is 0 Å². The second kappa shape index (κ2) is 10.6. The zero-order valence-electron chi connectivity index (χ0n) is 19.8. The highest BCUT2D eigenvalue weighted by molar-refractivity contribution is 7.17. The van der Waals surface area contributed by atoms with E-state index >= 15 is 35.1 Å². The van der Waals surface area contributed by atoms with Gasteiger partial charge >= 0.3 is 5.71 Å². The van der Waals surface area contributed by atoms with Crippen molar-refractivity contribution in [3.8, 4) is 0 Å². The fourth-order valence-corrected chi connectivity index (χ4v) is 4.98. The van der Waals surface area contributed by atoms with Crippen LogP contribution in [0.2, 0.25) is 0 Å². The molecule has 1 unspecified atom stereocenters. The standard InChI is InChI=1S/C24H4BF16N2/c26-4-1-7(29)14(32)17(35)10(4)25(11-5(27)2-8(30)15(33)18(11)36,12-6(28)3-9(31)16(34)19(12)37)13-20(38)22(40)23(41)24(43-42)21(13)39/h1-3,23H/q-1. The summed E-state index contributed by atoms with van der Waals surface area (Å²) in [6.45, 7) is 0. The van der Waals surface area contributed by atoms with E-state index in [0.29, 0.717) is 0 Å². The van der Waals surface area contributed by atoms with Crippen LogP contribution in [-0.4, -0.2) is 22.8 Å². The molecule has 0 saturated heterocycles. The first-order chi connectivity index (χ1) is 20.0. The quantitative estimate of drug-likeness (QED) is 0.0874. The van der Waals surface area contributed by atoms with Crippen LogP contribution in [0.4, 0.5) is 70.2 Å². The van der Waals surface area contributed by atoms with Gasteiger partial charge in [0.2, 0.25) is 0 Å². The summed E-state index contributed by atoms with van der Waals surface area (Å²) in [5.41, 5.74) is -4.86. The largest absolute Gasteiger partial charge is 0.364 e. The molecule has 1 aliphatic carbocycles. The third kappa shape index (κ3) is 4.24. The zero-order valence-corrected chi connectivity index (χ0v) is 19.8. The van der Waals surface area contributed by atoms with Crippen LogP contribution in [0.3, 0.4) is 0 Å². The van der Waals surface area contributed by atoms with E-state index in [1.54, 1.807) is 0 Å². The summed E-state index contributed by atoms with van der Waals surface area (Å²) in [4.78, 5) is 1.88. The molecule has 3 aromatic rings. The van der Waals surface area contributed by atoms with Gasteiger partial charge in [0, 0.05) is 18.2 Å². The van der Waals surface area contributed by atoms with Crippen molar-refractivity contribution < 1.29 is 75.0 Å². The number of nitrogens with zero attached hydrogens (tertiary/aromatic N) is 2. The molecule has 0 heterocycles. The number of allylic oxidation sites excluding steroid dienone is 4. The van der Waals surface area contributed by atoms with Gasteiger partial charge in [-0.05, 0) is 0 Å². The summed E-state index contributed by atoms with van der Waals surface area (Å²) in [6, 6.07) is -2.35. The molecule has 0 N–H and O–H groups in total. The van der Waals surface area contributed by atoms with Gasteiger partial charge in [0.15, 0.2) is 46.6 Å². The predicted molar refractivity (Wildman–Crippen MR) is 114 cm³/mol. The van der Waals surface area contributed by atoms with Gasteiger partial charge in [-0.15, -0.1) is 21.9 Å². The van der Waals surface area contributed by atoms with Crippen LogP contribution in [0.25, 0.3) is 5.53 Å². The van der Waals surface area contributed by atoms with Gasteiger partial charge in [0.1, 0.15) is 29.4 Å². The van der Waals surface area contributed by atoms with Crippen molar-refractivity contribution in [2.75, 3.05) is 0 Å². The number of hydrogen-bond donors (Lipinski definition) is 0. The third-order valence-electron chi connectivity index (χ3n) is 6.66. The predicted octanol–water partition coefficient (Wildman–Crippen LogP) is 5.76. The van der Waals surface area contributed by atoms with E-state index in [9.17, 15) is 35.1 Å². The van der Waals surface area contributed by atoms with E-state index in [1.807, 2.05) is 4.79 Å². The lowest BCUT2D eigenvalue weighted by Crippen LogP contribution is -2.74. The number of halogens is 16. The van der Waals surface area contributed by atoms with E-state index in [-0.39, 0.29) is 0 Å². The van der Waals surface area contributed by atoms with E-state index in [0.717, 1.165) is 0 Å². The van der Waals surface area contributed by atoms with Crippen LogP contribution in [-0.2, 0) is 0 Å². The summed E-state index contributed by atoms with van der Waals surface area (Å²) in [5, 5.41) is 0. The Hall–Kier alpha value is -4.54. The first-order valence-electron chi connectivity index (χ1n) is 10.9. The van der Waals surface area contributed by atoms with Crippen molar-refractivity contribution in [1.29, 1.82) is 0 Å². The van der Waals surface area contributed by atoms with Gasteiger partial charge in [-0.1, -0.05) is 0 Å². The highest BCUT2D eigenvalue weighted by Gasteiger charge is 2.54. The molecule has 3 aromatic carbocycles. The Labute approximate surface area is 226 Å². The molecule has 0 radical (unpaired) electrons. The molecule has 0 spiro atoms. The third-order valence-corrected chi connectivity index (χ3v) is 6.66. The van der Waals surface area contributed by atoms with Crippen LogP contribution in [0.1, 0.15) is 0 Å². The van der Waals surface area contributed by atoms with Crippen molar-refractivity contribution in [1.82, 2.24) is 0 Å². The Balaban J connectivity index is 2.59. The normalized spacial score (nSPS) is 15.9. The maximum atomic E-state index is 15.8. The molecule has 2 nitrogen and oxygen atoms in total. The molecule has 19 heteroatoms. The Morgan fingerprint density at radius 3 is 1.12 bits per heavy atom. The minimum atomic E-state index is -6.37. The lowest BCUT2D eigenvalue weighted by atomic mass is 9.11. The summed E-state index contributed by atoms with van der Waals surface area (Å²) < 4.78 is 238.